The molecule has 2 aromatic carbocycles. The molecule has 0 unspecified atom stereocenters. The quantitative estimate of drug-likeness (QED) is 0.580. The van der Waals surface area contributed by atoms with E-state index in [2.05, 4.69) is 5.32 Å². The Morgan fingerprint density at radius 1 is 1.00 bits per heavy atom. The van der Waals surface area contributed by atoms with Crippen molar-refractivity contribution in [3.63, 3.8) is 0 Å². The summed E-state index contributed by atoms with van der Waals surface area (Å²) in [5.74, 6) is -0.776. The minimum Gasteiger partial charge on any atom is -0.457 e. The zero-order valence-corrected chi connectivity index (χ0v) is 15.1. The molecule has 1 amide bonds. The predicted molar refractivity (Wildman–Crippen MR) is 100 cm³/mol. The van der Waals surface area contributed by atoms with Crippen LogP contribution in [0, 0.1) is 6.92 Å². The van der Waals surface area contributed by atoms with Crippen molar-refractivity contribution in [3.8, 4) is 0 Å². The third-order valence-corrected chi connectivity index (χ3v) is 3.93. The number of ether oxygens (including phenoxy) is 1. The summed E-state index contributed by atoms with van der Waals surface area (Å²) < 4.78 is 5.09. The van der Waals surface area contributed by atoms with Gasteiger partial charge in [-0.2, -0.15) is 0 Å². The van der Waals surface area contributed by atoms with E-state index in [4.69, 9.17) is 4.74 Å². The number of hydrogen-bond acceptors (Lipinski definition) is 4. The van der Waals surface area contributed by atoms with Gasteiger partial charge < -0.3 is 10.1 Å². The first-order chi connectivity index (χ1) is 12.5. The van der Waals surface area contributed by atoms with Gasteiger partial charge in [0, 0.05) is 17.7 Å². The summed E-state index contributed by atoms with van der Waals surface area (Å²) in [4.78, 5) is 35.6. The number of aryl methyl sites for hydroxylation is 1. The molecule has 0 bridgehead atoms. The van der Waals surface area contributed by atoms with Crippen molar-refractivity contribution in [1.29, 1.82) is 0 Å². The first-order valence-corrected chi connectivity index (χ1v) is 8.63. The number of nitrogens with one attached hydrogen (secondary N) is 1. The summed E-state index contributed by atoms with van der Waals surface area (Å²) >= 11 is 0. The van der Waals surface area contributed by atoms with Crippen molar-refractivity contribution in [1.82, 2.24) is 0 Å². The van der Waals surface area contributed by atoms with Crippen LogP contribution in [-0.4, -0.2) is 24.3 Å². The van der Waals surface area contributed by atoms with Gasteiger partial charge in [0.2, 0.25) is 5.91 Å². The molecular formula is C21H23NO4. The van der Waals surface area contributed by atoms with Crippen LogP contribution in [0.15, 0.2) is 48.5 Å². The second kappa shape index (κ2) is 9.51. The van der Waals surface area contributed by atoms with Crippen molar-refractivity contribution in [2.24, 2.45) is 0 Å². The Kier molecular flexibility index (Phi) is 7.09. The van der Waals surface area contributed by atoms with Crippen LogP contribution in [-0.2, 0) is 20.7 Å². The third-order valence-electron chi connectivity index (χ3n) is 3.93. The molecule has 2 rings (SSSR count). The molecule has 0 spiro atoms. The van der Waals surface area contributed by atoms with Gasteiger partial charge in [0.05, 0.1) is 6.42 Å². The van der Waals surface area contributed by atoms with Gasteiger partial charge in [-0.05, 0) is 48.7 Å². The molecule has 5 nitrogen and oxygen atoms in total. The molecule has 1 N–H and O–H groups in total. The van der Waals surface area contributed by atoms with E-state index in [-0.39, 0.29) is 24.7 Å². The topological polar surface area (TPSA) is 72.5 Å². The Morgan fingerprint density at radius 2 is 1.69 bits per heavy atom. The largest absolute Gasteiger partial charge is 0.457 e. The molecule has 0 atom stereocenters. The predicted octanol–water partition coefficient (Wildman–Crippen LogP) is 3.70. The van der Waals surface area contributed by atoms with Crippen LogP contribution in [0.5, 0.6) is 0 Å². The van der Waals surface area contributed by atoms with Gasteiger partial charge in [0.15, 0.2) is 12.4 Å². The number of ketones is 1. The van der Waals surface area contributed by atoms with E-state index < -0.39 is 5.97 Å². The van der Waals surface area contributed by atoms with Crippen molar-refractivity contribution >= 4 is 23.3 Å². The fraction of sp³-hybridized carbons (Fsp3) is 0.286. The molecule has 0 radical (unpaired) electrons. The maximum atomic E-state index is 12.1. The number of rotatable bonds is 8. The van der Waals surface area contributed by atoms with E-state index >= 15 is 0 Å². The van der Waals surface area contributed by atoms with E-state index in [9.17, 15) is 14.4 Å². The number of benzene rings is 2. The number of carbonyl (C=O) groups is 3. The Hall–Kier alpha value is -2.95. The lowest BCUT2D eigenvalue weighted by molar-refractivity contribution is -0.141. The Balaban J connectivity index is 1.84. The van der Waals surface area contributed by atoms with Gasteiger partial charge >= 0.3 is 5.97 Å². The molecule has 0 aliphatic carbocycles. The van der Waals surface area contributed by atoms with Gasteiger partial charge in [-0.3, -0.25) is 14.4 Å². The number of amides is 1. The van der Waals surface area contributed by atoms with E-state index in [0.29, 0.717) is 17.7 Å². The Labute approximate surface area is 153 Å². The summed E-state index contributed by atoms with van der Waals surface area (Å²) in [7, 11) is 0. The molecule has 0 fully saturated rings. The molecule has 136 valence electrons. The smallest absolute Gasteiger partial charge is 0.310 e. The van der Waals surface area contributed by atoms with Gasteiger partial charge in [0.25, 0.3) is 0 Å². The summed E-state index contributed by atoms with van der Waals surface area (Å²) in [5.41, 5.74) is 2.97. The van der Waals surface area contributed by atoms with Crippen LogP contribution in [0.25, 0.3) is 0 Å². The SMILES string of the molecule is CCCC(=O)Nc1ccc(C(=O)COC(=O)Cc2ccccc2C)cc1. The minimum atomic E-state index is -0.434. The van der Waals surface area contributed by atoms with E-state index in [1.54, 1.807) is 24.3 Å². The monoisotopic (exact) mass is 353 g/mol. The first-order valence-electron chi connectivity index (χ1n) is 8.63. The lowest BCUT2D eigenvalue weighted by Gasteiger charge is -2.08. The number of Topliss-reactive ketones (excluding diaryl/α,β-unsaturated/α-hetero) is 1. The number of anilines is 1. The van der Waals surface area contributed by atoms with E-state index in [0.717, 1.165) is 17.5 Å². The average molecular weight is 353 g/mol. The van der Waals surface area contributed by atoms with Crippen LogP contribution < -0.4 is 5.32 Å². The Bertz CT molecular complexity index is 781. The lowest BCUT2D eigenvalue weighted by atomic mass is 10.1. The Morgan fingerprint density at radius 3 is 2.35 bits per heavy atom. The minimum absolute atomic E-state index is 0.0586. The van der Waals surface area contributed by atoms with Crippen LogP contribution in [0.3, 0.4) is 0 Å². The summed E-state index contributed by atoms with van der Waals surface area (Å²) in [6.45, 7) is 3.56. The van der Waals surface area contributed by atoms with Gasteiger partial charge in [-0.15, -0.1) is 0 Å². The van der Waals surface area contributed by atoms with E-state index in [1.165, 1.54) is 0 Å². The molecule has 0 saturated carbocycles. The maximum absolute atomic E-state index is 12.1. The molecule has 0 aliphatic heterocycles. The maximum Gasteiger partial charge on any atom is 0.310 e. The molecule has 0 saturated heterocycles. The number of carbonyl (C=O) groups excluding carboxylic acids is 3. The molecular weight excluding hydrogens is 330 g/mol. The highest BCUT2D eigenvalue weighted by Crippen LogP contribution is 2.12. The number of esters is 1. The zero-order chi connectivity index (χ0) is 18.9. The molecule has 0 heterocycles. The second-order valence-electron chi connectivity index (χ2n) is 6.06. The van der Waals surface area contributed by atoms with Gasteiger partial charge in [-0.1, -0.05) is 31.2 Å². The highest BCUT2D eigenvalue weighted by Gasteiger charge is 2.12. The molecule has 26 heavy (non-hydrogen) atoms. The fourth-order valence-corrected chi connectivity index (χ4v) is 2.43. The van der Waals surface area contributed by atoms with Crippen LogP contribution in [0.1, 0.15) is 41.3 Å². The summed E-state index contributed by atoms with van der Waals surface area (Å²) in [5, 5.41) is 2.76. The molecule has 0 aliphatic rings. The summed E-state index contributed by atoms with van der Waals surface area (Å²) in [6, 6.07) is 14.1. The van der Waals surface area contributed by atoms with Crippen molar-refractivity contribution in [2.75, 3.05) is 11.9 Å². The molecule has 5 heteroatoms. The molecule has 2 aromatic rings. The standard InChI is InChI=1S/C21H23NO4/c1-3-6-20(24)22-18-11-9-16(10-12-18)19(23)14-26-21(25)13-17-8-5-4-7-15(17)2/h4-5,7-12H,3,6,13-14H2,1-2H3,(H,22,24). The van der Waals surface area contributed by atoms with Crippen molar-refractivity contribution in [2.45, 2.75) is 33.1 Å². The van der Waals surface area contributed by atoms with Gasteiger partial charge in [-0.25, -0.2) is 0 Å². The van der Waals surface area contributed by atoms with Crippen molar-refractivity contribution < 1.29 is 19.1 Å². The average Bonchev–Trinajstić information content (AvgIpc) is 2.62. The van der Waals surface area contributed by atoms with Crippen LogP contribution in [0.4, 0.5) is 5.69 Å². The third kappa shape index (κ3) is 5.84. The zero-order valence-electron chi connectivity index (χ0n) is 15.1. The number of hydrogen-bond donors (Lipinski definition) is 1. The highest BCUT2D eigenvalue weighted by atomic mass is 16.5. The highest BCUT2D eigenvalue weighted by molar-refractivity contribution is 5.98. The van der Waals surface area contributed by atoms with E-state index in [1.807, 2.05) is 38.1 Å². The molecule has 0 aromatic heterocycles. The second-order valence-corrected chi connectivity index (χ2v) is 6.06. The van der Waals surface area contributed by atoms with Crippen molar-refractivity contribution in [3.05, 3.63) is 65.2 Å². The first kappa shape index (κ1) is 19.4. The normalized spacial score (nSPS) is 10.2. The van der Waals surface area contributed by atoms with Crippen LogP contribution in [0.2, 0.25) is 0 Å². The van der Waals surface area contributed by atoms with Crippen LogP contribution >= 0.6 is 0 Å². The summed E-state index contributed by atoms with van der Waals surface area (Å²) in [6.07, 6.45) is 1.37. The van der Waals surface area contributed by atoms with Gasteiger partial charge in [0.1, 0.15) is 0 Å². The lowest BCUT2D eigenvalue weighted by Crippen LogP contribution is -2.16. The fourth-order valence-electron chi connectivity index (χ4n) is 2.43.